The average molecular weight is 371 g/mol. The molecule has 8 nitrogen and oxygen atoms in total. The molecule has 1 aliphatic heterocycles. The summed E-state index contributed by atoms with van der Waals surface area (Å²) < 4.78 is 13.0. The van der Waals surface area contributed by atoms with E-state index in [-0.39, 0.29) is 5.91 Å². The van der Waals surface area contributed by atoms with Gasteiger partial charge in [-0.3, -0.25) is 4.79 Å². The molecule has 8 heteroatoms. The minimum absolute atomic E-state index is 0.0151. The Hall–Kier alpha value is -2.64. The van der Waals surface area contributed by atoms with Crippen molar-refractivity contribution in [3.8, 4) is 17.2 Å². The number of amides is 1. The molecule has 1 amide bonds. The minimum atomic E-state index is -0.505. The molecule has 0 unspecified atom stereocenters. The zero-order valence-corrected chi connectivity index (χ0v) is 16.0. The third-order valence-corrected chi connectivity index (χ3v) is 5.87. The molecule has 0 saturated heterocycles. The summed E-state index contributed by atoms with van der Waals surface area (Å²) in [5.74, 6) is 2.76. The average Bonchev–Trinajstić information content (AvgIpc) is 3.18. The van der Waals surface area contributed by atoms with E-state index in [2.05, 4.69) is 22.4 Å². The highest BCUT2D eigenvalue weighted by atomic mass is 16.6. The van der Waals surface area contributed by atoms with Crippen molar-refractivity contribution in [3.05, 3.63) is 24.0 Å². The van der Waals surface area contributed by atoms with Crippen LogP contribution in [0.5, 0.6) is 11.5 Å². The second-order valence-corrected chi connectivity index (χ2v) is 7.53. The molecule has 0 N–H and O–H groups in total. The lowest BCUT2D eigenvalue weighted by atomic mass is 9.75. The number of aromatic nitrogens is 4. The number of nitrogens with zero attached hydrogens (tertiary/aromatic N) is 5. The van der Waals surface area contributed by atoms with Gasteiger partial charge in [0.05, 0.1) is 5.69 Å². The molecule has 2 aromatic rings. The highest BCUT2D eigenvalue weighted by molar-refractivity contribution is 5.74. The summed E-state index contributed by atoms with van der Waals surface area (Å²) in [5.41, 5.74) is 0.295. The SMILES string of the molecule is CC(=O)N(C)C1(c2nnnn2-c2ccc3c(c2)OCCO3)CCC(C)CC1. The molecule has 2 aliphatic rings. The van der Waals surface area contributed by atoms with E-state index in [1.807, 2.05) is 25.2 Å². The van der Waals surface area contributed by atoms with Gasteiger partial charge < -0.3 is 14.4 Å². The summed E-state index contributed by atoms with van der Waals surface area (Å²) in [6, 6.07) is 5.68. The van der Waals surface area contributed by atoms with Crippen molar-refractivity contribution in [2.24, 2.45) is 5.92 Å². The molecule has 1 fully saturated rings. The van der Waals surface area contributed by atoms with Crippen molar-refractivity contribution in [2.75, 3.05) is 20.3 Å². The van der Waals surface area contributed by atoms with Crippen molar-refractivity contribution in [1.82, 2.24) is 25.1 Å². The molecule has 4 rings (SSSR count). The smallest absolute Gasteiger partial charge is 0.220 e. The fraction of sp³-hybridized carbons (Fsp3) is 0.579. The lowest BCUT2D eigenvalue weighted by molar-refractivity contribution is -0.136. The van der Waals surface area contributed by atoms with Crippen LogP contribution in [0.3, 0.4) is 0 Å². The molecule has 27 heavy (non-hydrogen) atoms. The Kier molecular flexibility index (Phi) is 4.49. The van der Waals surface area contributed by atoms with Gasteiger partial charge in [0, 0.05) is 20.0 Å². The summed E-state index contributed by atoms with van der Waals surface area (Å²) in [5, 5.41) is 12.5. The zero-order chi connectivity index (χ0) is 19.0. The van der Waals surface area contributed by atoms with Gasteiger partial charge in [-0.2, -0.15) is 4.68 Å². The maximum atomic E-state index is 12.3. The topological polar surface area (TPSA) is 82.4 Å². The highest BCUT2D eigenvalue weighted by Crippen LogP contribution is 2.43. The van der Waals surface area contributed by atoms with Crippen LogP contribution in [-0.2, 0) is 10.3 Å². The predicted molar refractivity (Wildman–Crippen MR) is 97.9 cm³/mol. The lowest BCUT2D eigenvalue weighted by Crippen LogP contribution is -2.50. The van der Waals surface area contributed by atoms with Gasteiger partial charge in [-0.25, -0.2) is 0 Å². The molecule has 0 bridgehead atoms. The van der Waals surface area contributed by atoms with Gasteiger partial charge >= 0.3 is 0 Å². The number of carbonyl (C=O) groups excluding carboxylic acids is 1. The fourth-order valence-corrected chi connectivity index (χ4v) is 4.07. The largest absolute Gasteiger partial charge is 0.486 e. The Morgan fingerprint density at radius 1 is 1.22 bits per heavy atom. The Balaban J connectivity index is 1.78. The maximum absolute atomic E-state index is 12.3. The first-order chi connectivity index (χ1) is 13.0. The molecular weight excluding hydrogens is 346 g/mol. The van der Waals surface area contributed by atoms with Crippen LogP contribution in [0.2, 0.25) is 0 Å². The quantitative estimate of drug-likeness (QED) is 0.823. The highest BCUT2D eigenvalue weighted by Gasteiger charge is 2.45. The van der Waals surface area contributed by atoms with Crippen LogP contribution in [-0.4, -0.2) is 51.3 Å². The third kappa shape index (κ3) is 3.02. The molecule has 0 atom stereocenters. The van der Waals surface area contributed by atoms with Gasteiger partial charge in [0.2, 0.25) is 5.91 Å². The fourth-order valence-electron chi connectivity index (χ4n) is 4.07. The molecule has 0 radical (unpaired) electrons. The number of fused-ring (bicyclic) bond motifs is 1. The number of hydrogen-bond donors (Lipinski definition) is 0. The van der Waals surface area contributed by atoms with Crippen LogP contribution >= 0.6 is 0 Å². The molecule has 2 heterocycles. The third-order valence-electron chi connectivity index (χ3n) is 5.87. The van der Waals surface area contributed by atoms with E-state index in [4.69, 9.17) is 9.47 Å². The Bertz CT molecular complexity index is 842. The zero-order valence-electron chi connectivity index (χ0n) is 16.0. The van der Waals surface area contributed by atoms with Crippen LogP contribution in [0.1, 0.15) is 45.4 Å². The van der Waals surface area contributed by atoms with Gasteiger partial charge in [-0.15, -0.1) is 5.10 Å². The number of carbonyl (C=O) groups is 1. The Morgan fingerprint density at radius 3 is 2.63 bits per heavy atom. The van der Waals surface area contributed by atoms with Crippen LogP contribution in [0, 0.1) is 5.92 Å². The van der Waals surface area contributed by atoms with Gasteiger partial charge in [-0.1, -0.05) is 6.92 Å². The first-order valence-electron chi connectivity index (χ1n) is 9.44. The molecule has 1 aromatic heterocycles. The molecule has 144 valence electrons. The van der Waals surface area contributed by atoms with E-state index < -0.39 is 5.54 Å². The van der Waals surface area contributed by atoms with Crippen LogP contribution in [0.15, 0.2) is 18.2 Å². The number of tetrazole rings is 1. The molecule has 0 spiro atoms. The standard InChI is InChI=1S/C19H25N5O3/c1-13-6-8-19(9-7-13,23(3)14(2)25)18-20-21-22-24(18)15-4-5-16-17(12-15)27-11-10-26-16/h4-5,12-13H,6-11H2,1-3H3. The van der Waals surface area contributed by atoms with Gasteiger partial charge in [0.15, 0.2) is 17.3 Å². The summed E-state index contributed by atoms with van der Waals surface area (Å²) >= 11 is 0. The van der Waals surface area contributed by atoms with E-state index in [1.54, 1.807) is 16.5 Å². The van der Waals surface area contributed by atoms with Crippen molar-refractivity contribution >= 4 is 5.91 Å². The van der Waals surface area contributed by atoms with Gasteiger partial charge in [-0.05, 0) is 54.2 Å². The summed E-state index contributed by atoms with van der Waals surface area (Å²) in [6.07, 6.45) is 3.75. The maximum Gasteiger partial charge on any atom is 0.220 e. The summed E-state index contributed by atoms with van der Waals surface area (Å²) in [6.45, 7) is 4.92. The van der Waals surface area contributed by atoms with E-state index in [1.165, 1.54) is 0 Å². The van der Waals surface area contributed by atoms with Crippen LogP contribution in [0.4, 0.5) is 0 Å². The molecule has 1 aromatic carbocycles. The molecule has 1 saturated carbocycles. The Morgan fingerprint density at radius 2 is 1.93 bits per heavy atom. The van der Waals surface area contributed by atoms with Crippen molar-refractivity contribution in [3.63, 3.8) is 0 Å². The van der Waals surface area contributed by atoms with Crippen molar-refractivity contribution < 1.29 is 14.3 Å². The number of ether oxygens (including phenoxy) is 2. The summed E-state index contributed by atoms with van der Waals surface area (Å²) in [7, 11) is 1.85. The predicted octanol–water partition coefficient (Wildman–Crippen LogP) is 2.32. The van der Waals surface area contributed by atoms with E-state index in [0.717, 1.165) is 37.1 Å². The first kappa shape index (κ1) is 17.8. The van der Waals surface area contributed by atoms with E-state index >= 15 is 0 Å². The normalized spacial score (nSPS) is 24.5. The van der Waals surface area contributed by atoms with Crippen molar-refractivity contribution in [1.29, 1.82) is 0 Å². The van der Waals surface area contributed by atoms with Gasteiger partial charge in [0.1, 0.15) is 18.8 Å². The number of rotatable bonds is 3. The van der Waals surface area contributed by atoms with Crippen LogP contribution in [0.25, 0.3) is 5.69 Å². The second-order valence-electron chi connectivity index (χ2n) is 7.53. The van der Waals surface area contributed by atoms with Gasteiger partial charge in [0.25, 0.3) is 0 Å². The summed E-state index contributed by atoms with van der Waals surface area (Å²) in [4.78, 5) is 14.1. The van der Waals surface area contributed by atoms with E-state index in [9.17, 15) is 4.79 Å². The van der Waals surface area contributed by atoms with Crippen LogP contribution < -0.4 is 9.47 Å². The number of benzene rings is 1. The van der Waals surface area contributed by atoms with E-state index in [0.29, 0.717) is 30.7 Å². The Labute approximate surface area is 158 Å². The van der Waals surface area contributed by atoms with Crippen molar-refractivity contribution in [2.45, 2.75) is 45.1 Å². The lowest BCUT2D eigenvalue weighted by Gasteiger charge is -2.44. The minimum Gasteiger partial charge on any atom is -0.486 e. The second kappa shape index (κ2) is 6.83. The monoisotopic (exact) mass is 371 g/mol. The number of hydrogen-bond acceptors (Lipinski definition) is 6. The molecule has 1 aliphatic carbocycles. The molecular formula is C19H25N5O3. The first-order valence-corrected chi connectivity index (χ1v) is 9.44.